The predicted octanol–water partition coefficient (Wildman–Crippen LogP) is 3.66. The van der Waals surface area contributed by atoms with Crippen molar-refractivity contribution >= 4 is 48.3 Å². The molecule has 2 heterocycles. The van der Waals surface area contributed by atoms with Crippen LogP contribution in [-0.4, -0.2) is 30.3 Å². The third-order valence-electron chi connectivity index (χ3n) is 4.07. The molecule has 0 spiro atoms. The quantitative estimate of drug-likeness (QED) is 0.562. The molecule has 1 saturated carbocycles. The maximum atomic E-state index is 12.7. The van der Waals surface area contributed by atoms with E-state index in [4.69, 9.17) is 0 Å². The first-order valence-corrected chi connectivity index (χ1v) is 11.6. The molecule has 1 fully saturated rings. The number of amides is 1. The average molecular weight is 479 g/mol. The normalized spacial score (nSPS) is 14.0. The van der Waals surface area contributed by atoms with Crippen molar-refractivity contribution in [2.75, 3.05) is 5.32 Å². The van der Waals surface area contributed by atoms with E-state index in [-0.39, 0.29) is 16.5 Å². The number of pyridine rings is 1. The van der Waals surface area contributed by atoms with Crippen molar-refractivity contribution in [1.29, 1.82) is 0 Å². The Morgan fingerprint density at radius 3 is 2.79 bits per heavy atom. The zero-order chi connectivity index (χ0) is 19.7. The molecule has 0 bridgehead atoms. The lowest BCUT2D eigenvalue weighted by molar-refractivity contribution is 0.102. The van der Waals surface area contributed by atoms with E-state index in [9.17, 15) is 13.2 Å². The van der Waals surface area contributed by atoms with Gasteiger partial charge in [0.2, 0.25) is 10.0 Å². The maximum absolute atomic E-state index is 12.7. The highest BCUT2D eigenvalue weighted by Gasteiger charge is 2.28. The monoisotopic (exact) mass is 478 g/mol. The van der Waals surface area contributed by atoms with Crippen molar-refractivity contribution in [3.63, 3.8) is 0 Å². The van der Waals surface area contributed by atoms with E-state index in [0.717, 1.165) is 18.4 Å². The highest BCUT2D eigenvalue weighted by Crippen LogP contribution is 2.27. The first kappa shape index (κ1) is 19.2. The predicted molar refractivity (Wildman–Crippen MR) is 111 cm³/mol. The van der Waals surface area contributed by atoms with Gasteiger partial charge in [-0.15, -0.1) is 11.3 Å². The first-order valence-electron chi connectivity index (χ1n) is 8.41. The summed E-state index contributed by atoms with van der Waals surface area (Å²) in [7, 11) is -3.65. The van der Waals surface area contributed by atoms with Gasteiger partial charge in [0.05, 0.1) is 16.2 Å². The van der Waals surface area contributed by atoms with Gasteiger partial charge in [-0.3, -0.25) is 15.1 Å². The molecule has 4 rings (SSSR count). The van der Waals surface area contributed by atoms with E-state index in [0.29, 0.717) is 15.3 Å². The zero-order valence-electron chi connectivity index (χ0n) is 14.4. The van der Waals surface area contributed by atoms with Crippen LogP contribution in [-0.2, 0) is 10.0 Å². The smallest absolute Gasteiger partial charge is 0.258 e. The number of halogens is 1. The van der Waals surface area contributed by atoms with Gasteiger partial charge in [-0.2, -0.15) is 0 Å². The van der Waals surface area contributed by atoms with E-state index in [1.807, 2.05) is 17.5 Å². The molecule has 1 aromatic carbocycles. The molecule has 28 heavy (non-hydrogen) atoms. The summed E-state index contributed by atoms with van der Waals surface area (Å²) in [4.78, 5) is 21.2. The molecule has 144 valence electrons. The summed E-state index contributed by atoms with van der Waals surface area (Å²) in [6.07, 6.45) is 5.05. The number of aromatic nitrogens is 2. The van der Waals surface area contributed by atoms with Gasteiger partial charge in [0.1, 0.15) is 0 Å². The molecule has 1 aliphatic rings. The number of hydrogen-bond donors (Lipinski definition) is 2. The Bertz CT molecular complexity index is 1130. The standard InChI is InChI=1S/C18H15BrN4O3S2/c19-15-6-5-13(28(25,26)23-12-3-4-12)8-14(15)17(24)22-18-21-16(10-27-18)11-2-1-7-20-9-11/h1-2,5-10,12,23H,3-4H2,(H,21,22,24). The van der Waals surface area contributed by atoms with Crippen LogP contribution in [0.1, 0.15) is 23.2 Å². The van der Waals surface area contributed by atoms with Gasteiger partial charge in [-0.25, -0.2) is 18.1 Å². The lowest BCUT2D eigenvalue weighted by atomic mass is 10.2. The van der Waals surface area contributed by atoms with Gasteiger partial charge in [0.25, 0.3) is 5.91 Å². The molecule has 0 radical (unpaired) electrons. The number of carbonyl (C=O) groups is 1. The first-order chi connectivity index (χ1) is 13.4. The average Bonchev–Trinajstić information content (AvgIpc) is 3.36. The summed E-state index contributed by atoms with van der Waals surface area (Å²) in [6.45, 7) is 0. The molecule has 0 saturated heterocycles. The Morgan fingerprint density at radius 1 is 1.25 bits per heavy atom. The molecule has 0 unspecified atom stereocenters. The second-order valence-electron chi connectivity index (χ2n) is 6.27. The zero-order valence-corrected chi connectivity index (χ0v) is 17.6. The summed E-state index contributed by atoms with van der Waals surface area (Å²) in [5.74, 6) is -0.442. The van der Waals surface area contributed by atoms with Crippen molar-refractivity contribution in [3.8, 4) is 11.3 Å². The fourth-order valence-electron chi connectivity index (χ4n) is 2.48. The highest BCUT2D eigenvalue weighted by atomic mass is 79.9. The van der Waals surface area contributed by atoms with Crippen LogP contribution in [0, 0.1) is 0 Å². The number of nitrogens with one attached hydrogen (secondary N) is 2. The number of anilines is 1. The highest BCUT2D eigenvalue weighted by molar-refractivity contribution is 9.10. The number of hydrogen-bond acceptors (Lipinski definition) is 6. The SMILES string of the molecule is O=C(Nc1nc(-c2cccnc2)cs1)c1cc(S(=O)(=O)NC2CC2)ccc1Br. The van der Waals surface area contributed by atoms with Crippen LogP contribution in [0.2, 0.25) is 0 Å². The molecule has 7 nitrogen and oxygen atoms in total. The van der Waals surface area contributed by atoms with Crippen molar-refractivity contribution in [1.82, 2.24) is 14.7 Å². The Balaban J connectivity index is 1.55. The Hall–Kier alpha value is -2.14. The summed E-state index contributed by atoms with van der Waals surface area (Å²) < 4.78 is 27.9. The number of carbonyl (C=O) groups excluding carboxylic acids is 1. The molecule has 2 N–H and O–H groups in total. The molecular formula is C18H15BrN4O3S2. The molecule has 2 aromatic heterocycles. The Labute approximate surface area is 174 Å². The molecule has 0 atom stereocenters. The third-order valence-corrected chi connectivity index (χ3v) is 7.04. The molecule has 0 aliphatic heterocycles. The van der Waals surface area contributed by atoms with Crippen LogP contribution in [0.25, 0.3) is 11.3 Å². The number of thiazole rings is 1. The lowest BCUT2D eigenvalue weighted by Crippen LogP contribution is -2.26. The van der Waals surface area contributed by atoms with Crippen LogP contribution in [0.4, 0.5) is 5.13 Å². The number of rotatable bonds is 6. The second-order valence-corrected chi connectivity index (χ2v) is 9.70. The van der Waals surface area contributed by atoms with Crippen LogP contribution in [0.3, 0.4) is 0 Å². The van der Waals surface area contributed by atoms with Crippen LogP contribution in [0.15, 0.2) is 57.5 Å². The minimum Gasteiger partial charge on any atom is -0.298 e. The van der Waals surface area contributed by atoms with E-state index >= 15 is 0 Å². The summed E-state index contributed by atoms with van der Waals surface area (Å²) in [5, 5.41) is 4.96. The molecule has 1 amide bonds. The second kappa shape index (κ2) is 7.70. The number of nitrogens with zero attached hydrogens (tertiary/aromatic N) is 2. The fourth-order valence-corrected chi connectivity index (χ4v) is 4.95. The Kier molecular flexibility index (Phi) is 5.28. The largest absolute Gasteiger partial charge is 0.298 e. The van der Waals surface area contributed by atoms with Gasteiger partial charge in [-0.05, 0) is 59.1 Å². The summed E-state index contributed by atoms with van der Waals surface area (Å²) in [6, 6.07) is 8.07. The van der Waals surface area contributed by atoms with E-state index in [1.165, 1.54) is 23.5 Å². The van der Waals surface area contributed by atoms with Crippen molar-refractivity contribution < 1.29 is 13.2 Å². The molecular weight excluding hydrogens is 464 g/mol. The Morgan fingerprint density at radius 2 is 2.07 bits per heavy atom. The maximum Gasteiger partial charge on any atom is 0.258 e. The van der Waals surface area contributed by atoms with Crippen molar-refractivity contribution in [2.45, 2.75) is 23.8 Å². The van der Waals surface area contributed by atoms with Gasteiger partial charge in [-0.1, -0.05) is 0 Å². The van der Waals surface area contributed by atoms with E-state index < -0.39 is 15.9 Å². The molecule has 3 aromatic rings. The van der Waals surface area contributed by atoms with Crippen LogP contribution < -0.4 is 10.0 Å². The fraction of sp³-hybridized carbons (Fsp3) is 0.167. The number of sulfonamides is 1. The van der Waals surface area contributed by atoms with Gasteiger partial charge in [0.15, 0.2) is 5.13 Å². The lowest BCUT2D eigenvalue weighted by Gasteiger charge is -2.09. The molecule has 10 heteroatoms. The van der Waals surface area contributed by atoms with Crippen molar-refractivity contribution in [3.05, 3.63) is 58.1 Å². The number of benzene rings is 1. The minimum absolute atomic E-state index is 0.00728. The van der Waals surface area contributed by atoms with Gasteiger partial charge in [0, 0.05) is 33.9 Å². The summed E-state index contributed by atoms with van der Waals surface area (Å²) >= 11 is 4.60. The van der Waals surface area contributed by atoms with E-state index in [1.54, 1.807) is 18.5 Å². The van der Waals surface area contributed by atoms with E-state index in [2.05, 4.69) is 35.9 Å². The third kappa shape index (κ3) is 4.30. The topological polar surface area (TPSA) is 101 Å². The minimum atomic E-state index is -3.65. The van der Waals surface area contributed by atoms with Gasteiger partial charge < -0.3 is 0 Å². The van der Waals surface area contributed by atoms with Crippen molar-refractivity contribution in [2.24, 2.45) is 0 Å². The van der Waals surface area contributed by atoms with Gasteiger partial charge >= 0.3 is 0 Å². The summed E-state index contributed by atoms with van der Waals surface area (Å²) in [5.41, 5.74) is 1.77. The molecule has 1 aliphatic carbocycles. The van der Waals surface area contributed by atoms with Crippen LogP contribution >= 0.6 is 27.3 Å². The van der Waals surface area contributed by atoms with Crippen LogP contribution in [0.5, 0.6) is 0 Å².